The highest BCUT2D eigenvalue weighted by Gasteiger charge is 2.63. The number of hydrogen-bond acceptors (Lipinski definition) is 6. The van der Waals surface area contributed by atoms with Crippen LogP contribution in [0.3, 0.4) is 0 Å². The van der Waals surface area contributed by atoms with Crippen LogP contribution in [0, 0.1) is 46.3 Å². The number of rotatable bonds is 6. The molecule has 0 aromatic carbocycles. The second kappa shape index (κ2) is 10.0. The van der Waals surface area contributed by atoms with Gasteiger partial charge in [0.25, 0.3) is 0 Å². The predicted octanol–water partition coefficient (Wildman–Crippen LogP) is 5.71. The van der Waals surface area contributed by atoms with E-state index in [4.69, 9.17) is 14.2 Å². The molecule has 4 aliphatic carbocycles. The Balaban J connectivity index is 1.57. The second-order valence-corrected chi connectivity index (χ2v) is 12.7. The standard InChI is InChI=1S/C29H46O6/c1-17(7-10-26(32)33-6)22-8-9-23-27-24(12-14-29(22,23)5)28(4)13-11-21(34-18(2)30)15-20(28)16-25(27)35-19(3)31/h17,20-25,27H,7-16H2,1-6H3/t17-,20?,21?,22-,23+,24+,25?,27+,28+,29-/m1/s1. The van der Waals surface area contributed by atoms with E-state index >= 15 is 0 Å². The van der Waals surface area contributed by atoms with Gasteiger partial charge in [-0.3, -0.25) is 14.4 Å². The molecule has 4 rings (SSSR count). The Morgan fingerprint density at radius 1 is 0.886 bits per heavy atom. The third-order valence-corrected chi connectivity index (χ3v) is 11.1. The van der Waals surface area contributed by atoms with Gasteiger partial charge in [-0.15, -0.1) is 0 Å². The number of esters is 3. The van der Waals surface area contributed by atoms with E-state index in [9.17, 15) is 14.4 Å². The van der Waals surface area contributed by atoms with Gasteiger partial charge in [-0.05, 0) is 98.2 Å². The van der Waals surface area contributed by atoms with Crippen LogP contribution in [0.15, 0.2) is 0 Å². The third kappa shape index (κ3) is 4.87. The Morgan fingerprint density at radius 3 is 2.20 bits per heavy atom. The highest BCUT2D eigenvalue weighted by atomic mass is 16.5. The number of fused-ring (bicyclic) bond motifs is 5. The van der Waals surface area contributed by atoms with Crippen LogP contribution in [-0.2, 0) is 28.6 Å². The van der Waals surface area contributed by atoms with E-state index in [1.807, 2.05) is 0 Å². The molecule has 0 radical (unpaired) electrons. The number of ether oxygens (including phenoxy) is 3. The Morgan fingerprint density at radius 2 is 1.54 bits per heavy atom. The van der Waals surface area contributed by atoms with Crippen molar-refractivity contribution in [1.29, 1.82) is 0 Å². The van der Waals surface area contributed by atoms with Crippen LogP contribution >= 0.6 is 0 Å². The van der Waals surface area contributed by atoms with Crippen molar-refractivity contribution in [3.63, 3.8) is 0 Å². The van der Waals surface area contributed by atoms with Crippen molar-refractivity contribution in [1.82, 2.24) is 0 Å². The SMILES string of the molecule is COC(=O)CC[C@@H](C)[C@H]1CC[C@H]2[C@@H]3C(OC(C)=O)CC4CC(OC(C)=O)CC[C@]4(C)[C@H]3CC[C@]12C. The molecule has 10 atom stereocenters. The van der Waals surface area contributed by atoms with Crippen LogP contribution in [-0.4, -0.2) is 37.2 Å². The van der Waals surface area contributed by atoms with E-state index in [1.54, 1.807) is 6.92 Å². The monoisotopic (exact) mass is 490 g/mol. The van der Waals surface area contributed by atoms with E-state index < -0.39 is 0 Å². The molecule has 3 unspecified atom stereocenters. The average Bonchev–Trinajstić information content (AvgIpc) is 3.14. The van der Waals surface area contributed by atoms with Crippen molar-refractivity contribution in [3.05, 3.63) is 0 Å². The molecular weight excluding hydrogens is 444 g/mol. The molecule has 0 N–H and O–H groups in total. The summed E-state index contributed by atoms with van der Waals surface area (Å²) in [6.45, 7) is 10.3. The summed E-state index contributed by atoms with van der Waals surface area (Å²) in [4.78, 5) is 35.6. The summed E-state index contributed by atoms with van der Waals surface area (Å²) < 4.78 is 16.6. The minimum atomic E-state index is -0.199. The van der Waals surface area contributed by atoms with Crippen molar-refractivity contribution in [3.8, 4) is 0 Å². The van der Waals surface area contributed by atoms with Crippen molar-refractivity contribution in [2.45, 2.75) is 111 Å². The predicted molar refractivity (Wildman–Crippen MR) is 132 cm³/mol. The summed E-state index contributed by atoms with van der Waals surface area (Å²) >= 11 is 0. The molecule has 0 aliphatic heterocycles. The molecule has 0 heterocycles. The van der Waals surface area contributed by atoms with E-state index in [2.05, 4.69) is 20.8 Å². The summed E-state index contributed by atoms with van der Waals surface area (Å²) in [6.07, 6.45) is 9.80. The Kier molecular flexibility index (Phi) is 7.60. The molecule has 0 aromatic rings. The zero-order valence-corrected chi connectivity index (χ0v) is 22.6. The van der Waals surface area contributed by atoms with Crippen LogP contribution in [0.1, 0.15) is 98.8 Å². The smallest absolute Gasteiger partial charge is 0.305 e. The van der Waals surface area contributed by atoms with Gasteiger partial charge in [-0.25, -0.2) is 0 Å². The molecule has 4 saturated carbocycles. The van der Waals surface area contributed by atoms with Gasteiger partial charge < -0.3 is 14.2 Å². The lowest BCUT2D eigenvalue weighted by Crippen LogP contribution is -2.59. The molecule has 198 valence electrons. The average molecular weight is 491 g/mol. The zero-order valence-electron chi connectivity index (χ0n) is 22.6. The number of carbonyl (C=O) groups excluding carboxylic acids is 3. The third-order valence-electron chi connectivity index (χ3n) is 11.1. The summed E-state index contributed by atoms with van der Waals surface area (Å²) in [5, 5.41) is 0. The lowest BCUT2D eigenvalue weighted by molar-refractivity contribution is -0.197. The number of methoxy groups -OCH3 is 1. The molecule has 4 aliphatic rings. The first-order valence-corrected chi connectivity index (χ1v) is 13.9. The van der Waals surface area contributed by atoms with E-state index in [-0.39, 0.29) is 40.9 Å². The summed E-state index contributed by atoms with van der Waals surface area (Å²) in [6, 6.07) is 0. The maximum Gasteiger partial charge on any atom is 0.305 e. The van der Waals surface area contributed by atoms with Gasteiger partial charge in [-0.1, -0.05) is 20.8 Å². The highest BCUT2D eigenvalue weighted by Crippen LogP contribution is 2.68. The molecule has 6 nitrogen and oxygen atoms in total. The Labute approximate surface area is 211 Å². The van der Waals surface area contributed by atoms with E-state index in [0.29, 0.717) is 41.9 Å². The maximum absolute atomic E-state index is 12.2. The van der Waals surface area contributed by atoms with Gasteiger partial charge in [0, 0.05) is 26.2 Å². The normalized spacial score (nSPS) is 43.2. The quantitative estimate of drug-likeness (QED) is 0.351. The van der Waals surface area contributed by atoms with Crippen molar-refractivity contribution >= 4 is 17.9 Å². The molecule has 6 heteroatoms. The molecule has 0 aromatic heterocycles. The first-order chi connectivity index (χ1) is 16.5. The Hall–Kier alpha value is -1.59. The largest absolute Gasteiger partial charge is 0.469 e. The molecule has 0 saturated heterocycles. The zero-order chi connectivity index (χ0) is 25.5. The molecule has 4 fully saturated rings. The molecular formula is C29H46O6. The van der Waals surface area contributed by atoms with Crippen LogP contribution < -0.4 is 0 Å². The van der Waals surface area contributed by atoms with Gasteiger partial charge in [0.1, 0.15) is 12.2 Å². The van der Waals surface area contributed by atoms with Crippen LogP contribution in [0.2, 0.25) is 0 Å². The number of hydrogen-bond donors (Lipinski definition) is 0. The maximum atomic E-state index is 12.2. The van der Waals surface area contributed by atoms with Gasteiger partial charge in [0.2, 0.25) is 0 Å². The summed E-state index contributed by atoms with van der Waals surface area (Å²) in [7, 11) is 1.47. The minimum absolute atomic E-state index is 0.0134. The number of carbonyl (C=O) groups is 3. The lowest BCUT2D eigenvalue weighted by atomic mass is 9.43. The summed E-state index contributed by atoms with van der Waals surface area (Å²) in [5.74, 6) is 2.43. The van der Waals surface area contributed by atoms with Gasteiger partial charge in [-0.2, -0.15) is 0 Å². The second-order valence-electron chi connectivity index (χ2n) is 12.7. The fourth-order valence-electron chi connectivity index (χ4n) is 9.46. The Bertz CT molecular complexity index is 824. The fraction of sp³-hybridized carbons (Fsp3) is 0.897. The van der Waals surface area contributed by atoms with Crippen LogP contribution in [0.25, 0.3) is 0 Å². The fourth-order valence-corrected chi connectivity index (χ4v) is 9.46. The van der Waals surface area contributed by atoms with E-state index in [1.165, 1.54) is 39.7 Å². The summed E-state index contributed by atoms with van der Waals surface area (Å²) in [5.41, 5.74) is 0.418. The van der Waals surface area contributed by atoms with Gasteiger partial charge in [0.05, 0.1) is 7.11 Å². The highest BCUT2D eigenvalue weighted by molar-refractivity contribution is 5.69. The first-order valence-electron chi connectivity index (χ1n) is 13.9. The van der Waals surface area contributed by atoms with Crippen LogP contribution in [0.4, 0.5) is 0 Å². The molecule has 0 spiro atoms. The molecule has 0 amide bonds. The van der Waals surface area contributed by atoms with Crippen molar-refractivity contribution in [2.24, 2.45) is 46.3 Å². The van der Waals surface area contributed by atoms with Crippen LogP contribution in [0.5, 0.6) is 0 Å². The van der Waals surface area contributed by atoms with Crippen molar-refractivity contribution < 1.29 is 28.6 Å². The topological polar surface area (TPSA) is 78.9 Å². The molecule has 0 bridgehead atoms. The lowest BCUT2D eigenvalue weighted by Gasteiger charge is -2.62. The van der Waals surface area contributed by atoms with Gasteiger partial charge in [0.15, 0.2) is 0 Å². The van der Waals surface area contributed by atoms with E-state index in [0.717, 1.165) is 32.1 Å². The van der Waals surface area contributed by atoms with Crippen molar-refractivity contribution in [2.75, 3.05) is 7.11 Å². The minimum Gasteiger partial charge on any atom is -0.469 e. The van der Waals surface area contributed by atoms with Gasteiger partial charge >= 0.3 is 17.9 Å². The first kappa shape index (κ1) is 26.5. The molecule has 35 heavy (non-hydrogen) atoms.